The van der Waals surface area contributed by atoms with Crippen LogP contribution in [0.1, 0.15) is 12.0 Å². The van der Waals surface area contributed by atoms with Gasteiger partial charge in [-0.2, -0.15) is 5.10 Å². The number of nitrogens with two attached hydrogens (primary N) is 1. The number of aryl methyl sites for hydroxylation is 1. The Morgan fingerprint density at radius 2 is 2.29 bits per heavy atom. The quantitative estimate of drug-likeness (QED) is 0.760. The Balaban J connectivity index is 1.74. The Hall–Kier alpha value is -1.88. The van der Waals surface area contributed by atoms with Crippen LogP contribution < -0.4 is 10.5 Å². The van der Waals surface area contributed by atoms with Crippen molar-refractivity contribution in [3.8, 4) is 5.75 Å². The van der Waals surface area contributed by atoms with E-state index in [9.17, 15) is 0 Å². The zero-order valence-corrected chi connectivity index (χ0v) is 9.62. The lowest BCUT2D eigenvalue weighted by Gasteiger charge is -2.07. The Kier molecular flexibility index (Phi) is 4.10. The fourth-order valence-corrected chi connectivity index (χ4v) is 1.53. The predicted octanol–water partition coefficient (Wildman–Crippen LogP) is 1.21. The molecule has 5 heteroatoms. The smallest absolute Gasteiger partial charge is 0.137 e. The van der Waals surface area contributed by atoms with Crippen LogP contribution in [0.2, 0.25) is 0 Å². The standard InChI is InChI=1S/C12H16N4O/c13-8-11-3-1-4-12(7-11)17-6-2-5-16-10-14-9-15-16/h1,3-4,7,9-10H,2,5-6,8,13H2. The first-order chi connectivity index (χ1) is 8.38. The van der Waals surface area contributed by atoms with Gasteiger partial charge in [0, 0.05) is 19.5 Å². The summed E-state index contributed by atoms with van der Waals surface area (Å²) in [5.41, 5.74) is 6.65. The highest BCUT2D eigenvalue weighted by Gasteiger charge is 1.96. The van der Waals surface area contributed by atoms with Gasteiger partial charge in [0.1, 0.15) is 18.4 Å². The first kappa shape index (κ1) is 11.6. The number of ether oxygens (including phenoxy) is 1. The molecule has 0 atom stereocenters. The first-order valence-corrected chi connectivity index (χ1v) is 5.62. The highest BCUT2D eigenvalue weighted by molar-refractivity contribution is 5.28. The fourth-order valence-electron chi connectivity index (χ4n) is 1.53. The molecule has 0 aliphatic heterocycles. The highest BCUT2D eigenvalue weighted by atomic mass is 16.5. The van der Waals surface area contributed by atoms with Gasteiger partial charge in [-0.1, -0.05) is 12.1 Å². The summed E-state index contributed by atoms with van der Waals surface area (Å²) in [6.45, 7) is 2.01. The molecule has 2 N–H and O–H groups in total. The maximum absolute atomic E-state index is 5.63. The highest BCUT2D eigenvalue weighted by Crippen LogP contribution is 2.12. The third-order valence-electron chi connectivity index (χ3n) is 2.40. The molecule has 0 saturated carbocycles. The van der Waals surface area contributed by atoms with E-state index in [1.54, 1.807) is 11.0 Å². The monoisotopic (exact) mass is 232 g/mol. The number of hydrogen-bond donors (Lipinski definition) is 1. The number of rotatable bonds is 6. The molecule has 0 unspecified atom stereocenters. The molecule has 0 radical (unpaired) electrons. The second-order valence-corrected chi connectivity index (χ2v) is 3.71. The lowest BCUT2D eigenvalue weighted by Crippen LogP contribution is -2.05. The van der Waals surface area contributed by atoms with Crippen LogP contribution in [0.3, 0.4) is 0 Å². The third kappa shape index (κ3) is 3.57. The zero-order chi connectivity index (χ0) is 11.9. The third-order valence-corrected chi connectivity index (χ3v) is 2.40. The molecule has 0 aliphatic rings. The van der Waals surface area contributed by atoms with Crippen molar-refractivity contribution < 1.29 is 4.74 Å². The average molecular weight is 232 g/mol. The fraction of sp³-hybridized carbons (Fsp3) is 0.333. The average Bonchev–Trinajstić information content (AvgIpc) is 2.88. The van der Waals surface area contributed by atoms with Crippen LogP contribution in [0, 0.1) is 0 Å². The Bertz CT molecular complexity index is 442. The Morgan fingerprint density at radius 1 is 1.35 bits per heavy atom. The van der Waals surface area contributed by atoms with Crippen LogP contribution in [0.15, 0.2) is 36.9 Å². The van der Waals surface area contributed by atoms with Crippen molar-refractivity contribution >= 4 is 0 Å². The van der Waals surface area contributed by atoms with Gasteiger partial charge in [-0.15, -0.1) is 0 Å². The van der Waals surface area contributed by atoms with E-state index < -0.39 is 0 Å². The van der Waals surface area contributed by atoms with E-state index >= 15 is 0 Å². The van der Waals surface area contributed by atoms with Crippen molar-refractivity contribution in [2.45, 2.75) is 19.5 Å². The van der Waals surface area contributed by atoms with Crippen molar-refractivity contribution in [3.05, 3.63) is 42.5 Å². The van der Waals surface area contributed by atoms with Gasteiger partial charge in [0.15, 0.2) is 0 Å². The number of nitrogens with zero attached hydrogens (tertiary/aromatic N) is 3. The van der Waals surface area contributed by atoms with E-state index in [-0.39, 0.29) is 0 Å². The molecule has 0 spiro atoms. The summed E-state index contributed by atoms with van der Waals surface area (Å²) in [6.07, 6.45) is 4.14. The molecule has 0 amide bonds. The van der Waals surface area contributed by atoms with E-state index in [0.717, 1.165) is 24.3 Å². The zero-order valence-electron chi connectivity index (χ0n) is 9.62. The summed E-state index contributed by atoms with van der Waals surface area (Å²) >= 11 is 0. The van der Waals surface area contributed by atoms with Crippen LogP contribution in [0.5, 0.6) is 5.75 Å². The van der Waals surface area contributed by atoms with Crippen LogP contribution in [0.4, 0.5) is 0 Å². The summed E-state index contributed by atoms with van der Waals surface area (Å²) in [6, 6.07) is 7.85. The molecule has 0 saturated heterocycles. The summed E-state index contributed by atoms with van der Waals surface area (Å²) in [4.78, 5) is 3.88. The number of hydrogen-bond acceptors (Lipinski definition) is 4. The van der Waals surface area contributed by atoms with Crippen LogP contribution in [0.25, 0.3) is 0 Å². The summed E-state index contributed by atoms with van der Waals surface area (Å²) in [5, 5.41) is 4.02. The lowest BCUT2D eigenvalue weighted by molar-refractivity contribution is 0.298. The minimum Gasteiger partial charge on any atom is -0.494 e. The Labute approximate surface area is 100 Å². The molecule has 2 rings (SSSR count). The molecule has 0 fully saturated rings. The van der Waals surface area contributed by atoms with Crippen LogP contribution in [-0.4, -0.2) is 21.4 Å². The second-order valence-electron chi connectivity index (χ2n) is 3.71. The summed E-state index contributed by atoms with van der Waals surface area (Å²) < 4.78 is 7.42. The molecular weight excluding hydrogens is 216 g/mol. The van der Waals surface area contributed by atoms with Crippen molar-refractivity contribution in [1.29, 1.82) is 0 Å². The van der Waals surface area contributed by atoms with E-state index in [1.165, 1.54) is 6.33 Å². The van der Waals surface area contributed by atoms with Gasteiger partial charge in [0.05, 0.1) is 6.61 Å². The minimum atomic E-state index is 0.538. The van der Waals surface area contributed by atoms with E-state index in [1.807, 2.05) is 24.3 Å². The van der Waals surface area contributed by atoms with Gasteiger partial charge in [-0.25, -0.2) is 4.98 Å². The molecule has 90 valence electrons. The maximum Gasteiger partial charge on any atom is 0.137 e. The van der Waals surface area contributed by atoms with Gasteiger partial charge >= 0.3 is 0 Å². The van der Waals surface area contributed by atoms with Gasteiger partial charge in [0.2, 0.25) is 0 Å². The Morgan fingerprint density at radius 3 is 3.06 bits per heavy atom. The van der Waals surface area contributed by atoms with Crippen molar-refractivity contribution in [3.63, 3.8) is 0 Å². The maximum atomic E-state index is 5.63. The molecule has 0 aliphatic carbocycles. The molecule has 2 aromatic rings. The molecule has 1 heterocycles. The van der Waals surface area contributed by atoms with Gasteiger partial charge in [-0.3, -0.25) is 4.68 Å². The van der Waals surface area contributed by atoms with Crippen molar-refractivity contribution in [2.24, 2.45) is 5.73 Å². The van der Waals surface area contributed by atoms with Crippen LogP contribution in [-0.2, 0) is 13.1 Å². The molecule has 17 heavy (non-hydrogen) atoms. The molecule has 1 aromatic carbocycles. The van der Waals surface area contributed by atoms with E-state index in [4.69, 9.17) is 10.5 Å². The van der Waals surface area contributed by atoms with Gasteiger partial charge in [0.25, 0.3) is 0 Å². The number of aromatic nitrogens is 3. The summed E-state index contributed by atoms with van der Waals surface area (Å²) in [5.74, 6) is 0.867. The van der Waals surface area contributed by atoms with Crippen molar-refractivity contribution in [2.75, 3.05) is 6.61 Å². The summed E-state index contributed by atoms with van der Waals surface area (Å²) in [7, 11) is 0. The van der Waals surface area contributed by atoms with Crippen molar-refractivity contribution in [1.82, 2.24) is 14.8 Å². The molecule has 1 aromatic heterocycles. The second kappa shape index (κ2) is 6.00. The topological polar surface area (TPSA) is 66.0 Å². The van der Waals surface area contributed by atoms with Gasteiger partial charge < -0.3 is 10.5 Å². The lowest BCUT2D eigenvalue weighted by atomic mass is 10.2. The first-order valence-electron chi connectivity index (χ1n) is 5.62. The predicted molar refractivity (Wildman–Crippen MR) is 64.5 cm³/mol. The normalized spacial score (nSPS) is 10.4. The van der Waals surface area contributed by atoms with Crippen LogP contribution >= 0.6 is 0 Å². The SMILES string of the molecule is NCc1cccc(OCCCn2cncn2)c1. The number of benzene rings is 1. The van der Waals surface area contributed by atoms with E-state index in [0.29, 0.717) is 13.2 Å². The minimum absolute atomic E-state index is 0.538. The molecule has 5 nitrogen and oxygen atoms in total. The molecule has 0 bridgehead atoms. The van der Waals surface area contributed by atoms with E-state index in [2.05, 4.69) is 10.1 Å². The largest absolute Gasteiger partial charge is 0.494 e. The van der Waals surface area contributed by atoms with Gasteiger partial charge in [-0.05, 0) is 17.7 Å². The molecular formula is C12H16N4O.